The highest BCUT2D eigenvalue weighted by molar-refractivity contribution is 6.04. The number of fused-ring (bicyclic) bond motifs is 1. The summed E-state index contributed by atoms with van der Waals surface area (Å²) in [6.07, 6.45) is 6.67. The molecule has 0 amide bonds. The molecule has 2 aromatic rings. The fourth-order valence-corrected chi connectivity index (χ4v) is 3.56. The van der Waals surface area contributed by atoms with Crippen molar-refractivity contribution in [1.29, 1.82) is 0 Å². The fourth-order valence-electron chi connectivity index (χ4n) is 3.56. The van der Waals surface area contributed by atoms with Crippen LogP contribution in [0, 0.1) is 0 Å². The minimum atomic E-state index is -0.677. The van der Waals surface area contributed by atoms with Crippen molar-refractivity contribution in [2.24, 2.45) is 0 Å². The number of rotatable bonds is 6. The summed E-state index contributed by atoms with van der Waals surface area (Å²) in [7, 11) is 0. The molecule has 3 N–H and O–H groups in total. The number of phenols is 3. The number of carbonyl (C=O) groups excluding carboxylic acids is 1. The van der Waals surface area contributed by atoms with Crippen LogP contribution in [-0.2, 0) is 6.42 Å². The minimum absolute atomic E-state index is 0.000835. The number of ether oxygens (including phenoxy) is 1. The number of allylic oxidation sites excluding steroid dienone is 4. The van der Waals surface area contributed by atoms with Gasteiger partial charge in [-0.05, 0) is 63.8 Å². The molecule has 0 aliphatic carbocycles. The van der Waals surface area contributed by atoms with E-state index in [4.69, 9.17) is 4.74 Å². The van der Waals surface area contributed by atoms with Gasteiger partial charge in [0.25, 0.3) is 0 Å². The van der Waals surface area contributed by atoms with Crippen molar-refractivity contribution >= 4 is 5.78 Å². The number of hydrogen-bond donors (Lipinski definition) is 3. The summed E-state index contributed by atoms with van der Waals surface area (Å²) in [6, 6.07) is 7.34. The molecule has 1 heterocycles. The van der Waals surface area contributed by atoms with Crippen LogP contribution in [0.25, 0.3) is 0 Å². The third-order valence-electron chi connectivity index (χ3n) is 5.32. The quantitative estimate of drug-likeness (QED) is 0.557. The standard InChI is InChI=1S/C25H28O5/c1-15(2)5-4-6-16(3)7-8-17-11-20(23(28)13-22(17)27)21-14-30-24-12-18(26)9-10-19(24)25(21)29/h5,7,9-13,21,26-28H,4,6,8,14H2,1-3H3/b16-7+. The average Bonchev–Trinajstić information content (AvgIpc) is 2.68. The maximum absolute atomic E-state index is 13.0. The highest BCUT2D eigenvalue weighted by Gasteiger charge is 2.32. The smallest absolute Gasteiger partial charge is 0.177 e. The monoisotopic (exact) mass is 408 g/mol. The molecule has 0 spiro atoms. The van der Waals surface area contributed by atoms with E-state index in [0.29, 0.717) is 28.9 Å². The maximum Gasteiger partial charge on any atom is 0.177 e. The zero-order chi connectivity index (χ0) is 21.8. The highest BCUT2D eigenvalue weighted by atomic mass is 16.5. The minimum Gasteiger partial charge on any atom is -0.508 e. The Bertz CT molecular complexity index is 1010. The summed E-state index contributed by atoms with van der Waals surface area (Å²) >= 11 is 0. The van der Waals surface area contributed by atoms with Crippen LogP contribution in [0.4, 0.5) is 0 Å². The van der Waals surface area contributed by atoms with Gasteiger partial charge in [-0.1, -0.05) is 23.3 Å². The lowest BCUT2D eigenvalue weighted by Crippen LogP contribution is -2.26. The van der Waals surface area contributed by atoms with Crippen LogP contribution in [0.2, 0.25) is 0 Å². The molecule has 0 saturated heterocycles. The third-order valence-corrected chi connectivity index (χ3v) is 5.32. The molecule has 0 radical (unpaired) electrons. The molecule has 0 fully saturated rings. The van der Waals surface area contributed by atoms with Gasteiger partial charge in [0.1, 0.15) is 29.6 Å². The first-order chi connectivity index (χ1) is 14.3. The molecule has 1 aliphatic heterocycles. The molecular weight excluding hydrogens is 380 g/mol. The van der Waals surface area contributed by atoms with Gasteiger partial charge in [-0.25, -0.2) is 0 Å². The molecule has 2 aromatic carbocycles. The number of Topliss-reactive ketones (excluding diaryl/α,β-unsaturated/α-hetero) is 1. The van der Waals surface area contributed by atoms with Crippen molar-refractivity contribution in [3.8, 4) is 23.0 Å². The molecule has 3 rings (SSSR count). The summed E-state index contributed by atoms with van der Waals surface area (Å²) in [5.41, 5.74) is 3.95. The summed E-state index contributed by atoms with van der Waals surface area (Å²) in [4.78, 5) is 13.0. The maximum atomic E-state index is 13.0. The van der Waals surface area contributed by atoms with Gasteiger partial charge in [0, 0.05) is 17.7 Å². The normalized spacial score (nSPS) is 16.0. The van der Waals surface area contributed by atoms with Crippen molar-refractivity contribution in [3.63, 3.8) is 0 Å². The van der Waals surface area contributed by atoms with Gasteiger partial charge in [-0.2, -0.15) is 0 Å². The molecular formula is C25H28O5. The lowest BCUT2D eigenvalue weighted by atomic mass is 9.87. The summed E-state index contributed by atoms with van der Waals surface area (Å²) in [5, 5.41) is 30.3. The molecule has 30 heavy (non-hydrogen) atoms. The largest absolute Gasteiger partial charge is 0.508 e. The molecule has 0 aromatic heterocycles. The van der Waals surface area contributed by atoms with E-state index in [-0.39, 0.29) is 29.6 Å². The Morgan fingerprint density at radius 3 is 2.57 bits per heavy atom. The number of hydrogen-bond acceptors (Lipinski definition) is 5. The number of carbonyl (C=O) groups is 1. The third kappa shape index (κ3) is 4.85. The second kappa shape index (κ2) is 9.08. The van der Waals surface area contributed by atoms with Crippen molar-refractivity contribution < 1.29 is 24.9 Å². The van der Waals surface area contributed by atoms with Crippen molar-refractivity contribution in [3.05, 3.63) is 70.3 Å². The fraction of sp³-hybridized carbons (Fsp3) is 0.320. The average molecular weight is 408 g/mol. The predicted octanol–water partition coefficient (Wildman–Crippen LogP) is 5.40. The van der Waals surface area contributed by atoms with E-state index in [1.165, 1.54) is 35.4 Å². The molecule has 0 bridgehead atoms. The van der Waals surface area contributed by atoms with Crippen LogP contribution < -0.4 is 4.74 Å². The van der Waals surface area contributed by atoms with Gasteiger partial charge in [0.2, 0.25) is 0 Å². The van der Waals surface area contributed by atoms with Gasteiger partial charge < -0.3 is 20.1 Å². The van der Waals surface area contributed by atoms with E-state index in [1.54, 1.807) is 6.07 Å². The molecule has 0 saturated carbocycles. The summed E-state index contributed by atoms with van der Waals surface area (Å²) in [5.74, 6) is -0.629. The molecule has 1 atom stereocenters. The Labute approximate surface area is 177 Å². The molecule has 1 aliphatic rings. The Kier molecular flexibility index (Phi) is 6.50. The van der Waals surface area contributed by atoms with Crippen LogP contribution in [0.5, 0.6) is 23.0 Å². The number of ketones is 1. The van der Waals surface area contributed by atoms with E-state index in [9.17, 15) is 20.1 Å². The first kappa shape index (κ1) is 21.5. The second-order valence-electron chi connectivity index (χ2n) is 8.02. The van der Waals surface area contributed by atoms with E-state index in [0.717, 1.165) is 12.8 Å². The lowest BCUT2D eigenvalue weighted by molar-refractivity contribution is 0.0894. The molecule has 1 unspecified atom stereocenters. The first-order valence-corrected chi connectivity index (χ1v) is 10.1. The predicted molar refractivity (Wildman–Crippen MR) is 117 cm³/mol. The first-order valence-electron chi connectivity index (χ1n) is 10.1. The number of phenolic OH excluding ortho intramolecular Hbond substituents is 3. The Morgan fingerprint density at radius 2 is 1.83 bits per heavy atom. The topological polar surface area (TPSA) is 87.0 Å². The summed E-state index contributed by atoms with van der Waals surface area (Å²) in [6.45, 7) is 6.27. The van der Waals surface area contributed by atoms with Crippen LogP contribution in [-0.4, -0.2) is 27.7 Å². The Morgan fingerprint density at radius 1 is 1.07 bits per heavy atom. The van der Waals surface area contributed by atoms with Gasteiger partial charge >= 0.3 is 0 Å². The molecule has 158 valence electrons. The SMILES string of the molecule is CC(C)=CCC/C(C)=C/Cc1cc(C2COc3cc(O)ccc3C2=O)c(O)cc1O. The van der Waals surface area contributed by atoms with Crippen LogP contribution >= 0.6 is 0 Å². The van der Waals surface area contributed by atoms with Crippen molar-refractivity contribution in [2.75, 3.05) is 6.61 Å². The second-order valence-corrected chi connectivity index (χ2v) is 8.02. The van der Waals surface area contributed by atoms with E-state index in [1.807, 2.05) is 0 Å². The van der Waals surface area contributed by atoms with E-state index >= 15 is 0 Å². The van der Waals surface area contributed by atoms with E-state index in [2.05, 4.69) is 32.9 Å². The zero-order valence-electron chi connectivity index (χ0n) is 17.6. The van der Waals surface area contributed by atoms with Crippen molar-refractivity contribution in [2.45, 2.75) is 46.0 Å². The van der Waals surface area contributed by atoms with Crippen LogP contribution in [0.3, 0.4) is 0 Å². The van der Waals surface area contributed by atoms with Crippen LogP contribution in [0.1, 0.15) is 61.0 Å². The lowest BCUT2D eigenvalue weighted by Gasteiger charge is -2.25. The van der Waals surface area contributed by atoms with Gasteiger partial charge in [-0.3, -0.25) is 4.79 Å². The highest BCUT2D eigenvalue weighted by Crippen LogP contribution is 2.39. The van der Waals surface area contributed by atoms with Gasteiger partial charge in [-0.15, -0.1) is 0 Å². The van der Waals surface area contributed by atoms with Gasteiger partial charge in [0.15, 0.2) is 5.78 Å². The number of aromatic hydroxyl groups is 3. The zero-order valence-corrected chi connectivity index (χ0v) is 17.6. The van der Waals surface area contributed by atoms with Crippen molar-refractivity contribution in [1.82, 2.24) is 0 Å². The van der Waals surface area contributed by atoms with Gasteiger partial charge in [0.05, 0.1) is 11.5 Å². The van der Waals surface area contributed by atoms with Crippen LogP contribution in [0.15, 0.2) is 53.6 Å². The molecule has 5 heteroatoms. The number of benzene rings is 2. The Hall–Kier alpha value is -3.21. The molecule has 5 nitrogen and oxygen atoms in total. The van der Waals surface area contributed by atoms with E-state index < -0.39 is 5.92 Å². The Balaban J connectivity index is 1.82. The summed E-state index contributed by atoms with van der Waals surface area (Å²) < 4.78 is 5.66.